The molecule has 2 N–H and O–H groups in total. The summed E-state index contributed by atoms with van der Waals surface area (Å²) in [5.74, 6) is -0.220. The van der Waals surface area contributed by atoms with Crippen LogP contribution >= 0.6 is 11.3 Å². The molecule has 0 radical (unpaired) electrons. The van der Waals surface area contributed by atoms with Crippen molar-refractivity contribution in [1.29, 1.82) is 0 Å². The largest absolute Gasteiger partial charge is 0.465 e. The van der Waals surface area contributed by atoms with Crippen LogP contribution in [0.25, 0.3) is 0 Å². The predicted octanol–water partition coefficient (Wildman–Crippen LogP) is 2.85. The van der Waals surface area contributed by atoms with Gasteiger partial charge in [0, 0.05) is 23.7 Å². The molecule has 6 heteroatoms. The summed E-state index contributed by atoms with van der Waals surface area (Å²) in [6.45, 7) is 5.14. The summed E-state index contributed by atoms with van der Waals surface area (Å²) in [4.78, 5) is 19.1. The molecular weight excluding hydrogens is 298 g/mol. The van der Waals surface area contributed by atoms with Crippen molar-refractivity contribution in [3.63, 3.8) is 0 Å². The van der Waals surface area contributed by atoms with Gasteiger partial charge in [0.1, 0.15) is 0 Å². The maximum Gasteiger partial charge on any atom is 0.320 e. The highest BCUT2D eigenvalue weighted by Gasteiger charge is 2.20. The SMILES string of the molecule is CCOC(=O)CN(Cc1cnc(N)s1)C(C)c1ccccc1. The highest BCUT2D eigenvalue weighted by molar-refractivity contribution is 7.15. The second-order valence-corrected chi connectivity index (χ2v) is 6.11. The Morgan fingerprint density at radius 2 is 2.14 bits per heavy atom. The van der Waals surface area contributed by atoms with Gasteiger partial charge >= 0.3 is 5.97 Å². The first-order valence-electron chi connectivity index (χ1n) is 7.25. The molecule has 0 fully saturated rings. The van der Waals surface area contributed by atoms with Gasteiger partial charge in [0.15, 0.2) is 5.13 Å². The molecule has 1 heterocycles. The van der Waals surface area contributed by atoms with Crippen LogP contribution < -0.4 is 5.73 Å². The molecule has 118 valence electrons. The minimum absolute atomic E-state index is 0.0916. The Kier molecular flexibility index (Phi) is 5.91. The Balaban J connectivity index is 2.14. The van der Waals surface area contributed by atoms with E-state index in [1.807, 2.05) is 25.1 Å². The fraction of sp³-hybridized carbons (Fsp3) is 0.375. The number of nitrogen functional groups attached to an aromatic ring is 1. The van der Waals surface area contributed by atoms with E-state index in [1.54, 1.807) is 6.20 Å². The monoisotopic (exact) mass is 319 g/mol. The summed E-state index contributed by atoms with van der Waals surface area (Å²) in [7, 11) is 0. The number of carbonyl (C=O) groups excluding carboxylic acids is 1. The second-order valence-electron chi connectivity index (χ2n) is 4.96. The van der Waals surface area contributed by atoms with E-state index in [0.29, 0.717) is 18.3 Å². The Morgan fingerprint density at radius 3 is 2.73 bits per heavy atom. The summed E-state index contributed by atoms with van der Waals surface area (Å²) in [5.41, 5.74) is 6.84. The predicted molar refractivity (Wildman–Crippen MR) is 88.4 cm³/mol. The van der Waals surface area contributed by atoms with Gasteiger partial charge in [-0.2, -0.15) is 0 Å². The second kappa shape index (κ2) is 7.91. The molecule has 2 aromatic rings. The standard InChI is InChI=1S/C16H21N3O2S/c1-3-21-15(20)11-19(10-14-9-18-16(17)22-14)12(2)13-7-5-4-6-8-13/h4-9,12H,3,10-11H2,1-2H3,(H2,17,18). The van der Waals surface area contributed by atoms with Crippen LogP contribution in [0, 0.1) is 0 Å². The van der Waals surface area contributed by atoms with Gasteiger partial charge in [0.25, 0.3) is 0 Å². The summed E-state index contributed by atoms with van der Waals surface area (Å²) >= 11 is 1.44. The number of thiazole rings is 1. The summed E-state index contributed by atoms with van der Waals surface area (Å²) in [5, 5.41) is 0.540. The van der Waals surface area contributed by atoms with E-state index in [0.717, 1.165) is 10.4 Å². The zero-order valence-corrected chi connectivity index (χ0v) is 13.7. The van der Waals surface area contributed by atoms with Crippen molar-refractivity contribution in [2.75, 3.05) is 18.9 Å². The van der Waals surface area contributed by atoms with Gasteiger partial charge in [-0.1, -0.05) is 30.3 Å². The minimum atomic E-state index is -0.220. The van der Waals surface area contributed by atoms with Crippen LogP contribution in [-0.2, 0) is 16.1 Å². The molecule has 0 aliphatic heterocycles. The lowest BCUT2D eigenvalue weighted by Gasteiger charge is -2.28. The van der Waals surface area contributed by atoms with Crippen LogP contribution in [-0.4, -0.2) is 29.0 Å². The first-order valence-corrected chi connectivity index (χ1v) is 8.06. The van der Waals surface area contributed by atoms with Crippen LogP contribution in [0.4, 0.5) is 5.13 Å². The van der Waals surface area contributed by atoms with Gasteiger partial charge in [-0.15, -0.1) is 11.3 Å². The highest BCUT2D eigenvalue weighted by atomic mass is 32.1. The molecule has 1 unspecified atom stereocenters. The van der Waals surface area contributed by atoms with Gasteiger partial charge in [0.2, 0.25) is 0 Å². The number of aromatic nitrogens is 1. The number of esters is 1. The van der Waals surface area contributed by atoms with Gasteiger partial charge in [-0.25, -0.2) is 4.98 Å². The third-order valence-corrected chi connectivity index (χ3v) is 4.21. The molecule has 2 rings (SSSR count). The van der Waals surface area contributed by atoms with Gasteiger partial charge in [0.05, 0.1) is 13.2 Å². The number of nitrogens with two attached hydrogens (primary N) is 1. The van der Waals surface area contributed by atoms with Crippen molar-refractivity contribution >= 4 is 22.4 Å². The van der Waals surface area contributed by atoms with E-state index in [1.165, 1.54) is 11.3 Å². The Labute approximate surface area is 134 Å². The number of benzene rings is 1. The van der Waals surface area contributed by atoms with Crippen molar-refractivity contribution in [2.45, 2.75) is 26.4 Å². The molecule has 1 aromatic heterocycles. The lowest BCUT2D eigenvalue weighted by Crippen LogP contribution is -2.32. The maximum absolute atomic E-state index is 11.9. The van der Waals surface area contributed by atoms with E-state index < -0.39 is 0 Å². The normalized spacial score (nSPS) is 12.3. The van der Waals surface area contributed by atoms with E-state index in [2.05, 4.69) is 28.9 Å². The molecule has 1 atom stereocenters. The lowest BCUT2D eigenvalue weighted by atomic mass is 10.1. The van der Waals surface area contributed by atoms with Crippen LogP contribution in [0.3, 0.4) is 0 Å². The van der Waals surface area contributed by atoms with E-state index in [-0.39, 0.29) is 18.6 Å². The topological polar surface area (TPSA) is 68.5 Å². The van der Waals surface area contributed by atoms with Gasteiger partial charge < -0.3 is 10.5 Å². The summed E-state index contributed by atoms with van der Waals surface area (Å²) in [6, 6.07) is 10.2. The first-order chi connectivity index (χ1) is 10.6. The quantitative estimate of drug-likeness (QED) is 0.795. The fourth-order valence-corrected chi connectivity index (χ4v) is 2.95. The van der Waals surface area contributed by atoms with Crippen LogP contribution in [0.15, 0.2) is 36.5 Å². The van der Waals surface area contributed by atoms with Crippen LogP contribution in [0.5, 0.6) is 0 Å². The molecule has 22 heavy (non-hydrogen) atoms. The number of ether oxygens (including phenoxy) is 1. The molecule has 0 saturated carbocycles. The molecule has 0 aliphatic rings. The molecular formula is C16H21N3O2S. The first kappa shape index (κ1) is 16.5. The molecule has 1 aromatic carbocycles. The molecule has 0 bridgehead atoms. The van der Waals surface area contributed by atoms with E-state index >= 15 is 0 Å². The number of anilines is 1. The van der Waals surface area contributed by atoms with Crippen molar-refractivity contribution in [3.8, 4) is 0 Å². The summed E-state index contributed by atoms with van der Waals surface area (Å²) in [6.07, 6.45) is 1.76. The van der Waals surface area contributed by atoms with E-state index in [4.69, 9.17) is 10.5 Å². The number of nitrogens with zero attached hydrogens (tertiary/aromatic N) is 2. The third kappa shape index (κ3) is 4.54. The van der Waals surface area contributed by atoms with Crippen molar-refractivity contribution in [1.82, 2.24) is 9.88 Å². The number of hydrogen-bond donors (Lipinski definition) is 1. The zero-order chi connectivity index (χ0) is 15.9. The summed E-state index contributed by atoms with van der Waals surface area (Å²) < 4.78 is 5.08. The number of rotatable bonds is 7. The van der Waals surface area contributed by atoms with Crippen molar-refractivity contribution in [3.05, 3.63) is 47.0 Å². The Hall–Kier alpha value is -1.92. The molecule has 0 amide bonds. The average Bonchev–Trinajstić information content (AvgIpc) is 2.92. The lowest BCUT2D eigenvalue weighted by molar-refractivity contribution is -0.145. The third-order valence-electron chi connectivity index (χ3n) is 3.40. The fourth-order valence-electron chi connectivity index (χ4n) is 2.24. The van der Waals surface area contributed by atoms with Crippen molar-refractivity contribution < 1.29 is 9.53 Å². The number of carbonyl (C=O) groups is 1. The zero-order valence-electron chi connectivity index (χ0n) is 12.9. The molecule has 0 saturated heterocycles. The van der Waals surface area contributed by atoms with Crippen LogP contribution in [0.1, 0.15) is 30.3 Å². The van der Waals surface area contributed by atoms with Gasteiger partial charge in [-0.05, 0) is 19.4 Å². The molecule has 0 aliphatic carbocycles. The Morgan fingerprint density at radius 1 is 1.41 bits per heavy atom. The van der Waals surface area contributed by atoms with Gasteiger partial charge in [-0.3, -0.25) is 9.69 Å². The number of hydrogen-bond acceptors (Lipinski definition) is 6. The van der Waals surface area contributed by atoms with Crippen LogP contribution in [0.2, 0.25) is 0 Å². The maximum atomic E-state index is 11.9. The highest BCUT2D eigenvalue weighted by Crippen LogP contribution is 2.24. The Bertz CT molecular complexity index is 600. The minimum Gasteiger partial charge on any atom is -0.465 e. The van der Waals surface area contributed by atoms with E-state index in [9.17, 15) is 4.79 Å². The smallest absolute Gasteiger partial charge is 0.320 e. The van der Waals surface area contributed by atoms with Crippen molar-refractivity contribution in [2.24, 2.45) is 0 Å². The molecule has 0 spiro atoms. The molecule has 5 nitrogen and oxygen atoms in total. The average molecular weight is 319 g/mol.